The lowest BCUT2D eigenvalue weighted by molar-refractivity contribution is 0.301. The minimum Gasteiger partial charge on any atom is -0.487 e. The number of hydrazone groups is 1. The van der Waals surface area contributed by atoms with Crippen LogP contribution in [0.15, 0.2) is 59.1 Å². The van der Waals surface area contributed by atoms with Gasteiger partial charge in [-0.2, -0.15) is 5.10 Å². The number of thiazole rings is 1. The lowest BCUT2D eigenvalue weighted by Crippen LogP contribution is -1.97. The molecule has 0 aliphatic heterocycles. The number of hydrogen-bond acceptors (Lipinski definition) is 7. The molecule has 7 heteroatoms. The molecule has 3 N–H and O–H groups in total. The highest BCUT2D eigenvalue weighted by molar-refractivity contribution is 7.14. The van der Waals surface area contributed by atoms with Crippen molar-refractivity contribution in [2.75, 3.05) is 11.2 Å². The van der Waals surface area contributed by atoms with E-state index < -0.39 is 0 Å². The van der Waals surface area contributed by atoms with E-state index >= 15 is 0 Å². The highest BCUT2D eigenvalue weighted by Gasteiger charge is 1.97. The van der Waals surface area contributed by atoms with Crippen molar-refractivity contribution >= 4 is 28.5 Å². The molecule has 0 atom stereocenters. The fraction of sp³-hybridized carbons (Fsp3) is 0.0625. The van der Waals surface area contributed by atoms with E-state index in [4.69, 9.17) is 10.5 Å². The summed E-state index contributed by atoms with van der Waals surface area (Å²) in [6.07, 6.45) is 3.46. The number of hydrogen-bond donors (Lipinski definition) is 2. The summed E-state index contributed by atoms with van der Waals surface area (Å²) in [4.78, 5) is 8.27. The average Bonchev–Trinajstić information content (AvgIpc) is 3.00. The van der Waals surface area contributed by atoms with Gasteiger partial charge in [0.05, 0.1) is 11.9 Å². The number of rotatable bonds is 6. The Labute approximate surface area is 137 Å². The monoisotopic (exact) mass is 325 g/mol. The van der Waals surface area contributed by atoms with Crippen molar-refractivity contribution in [2.45, 2.75) is 6.61 Å². The van der Waals surface area contributed by atoms with E-state index in [-0.39, 0.29) is 0 Å². The topological polar surface area (TPSA) is 85.4 Å². The first-order valence-electron chi connectivity index (χ1n) is 6.92. The van der Waals surface area contributed by atoms with Gasteiger partial charge in [0, 0.05) is 11.6 Å². The van der Waals surface area contributed by atoms with Crippen molar-refractivity contribution in [3.8, 4) is 5.75 Å². The molecule has 1 aromatic carbocycles. The third-order valence-electron chi connectivity index (χ3n) is 2.89. The van der Waals surface area contributed by atoms with Crippen molar-refractivity contribution in [3.05, 3.63) is 65.3 Å². The molecular weight excluding hydrogens is 310 g/mol. The molecule has 0 aliphatic rings. The molecule has 0 amide bonds. The van der Waals surface area contributed by atoms with Gasteiger partial charge in [-0.25, -0.2) is 4.98 Å². The van der Waals surface area contributed by atoms with Gasteiger partial charge in [0.25, 0.3) is 0 Å². The Hall–Kier alpha value is -2.93. The number of nitrogen functional groups attached to an aromatic ring is 1. The summed E-state index contributed by atoms with van der Waals surface area (Å²) < 4.78 is 5.68. The van der Waals surface area contributed by atoms with E-state index in [0.29, 0.717) is 17.6 Å². The van der Waals surface area contributed by atoms with Crippen molar-refractivity contribution in [2.24, 2.45) is 5.10 Å². The molecule has 2 aromatic heterocycles. The molecule has 0 unspecified atom stereocenters. The Morgan fingerprint density at radius 1 is 1.22 bits per heavy atom. The van der Waals surface area contributed by atoms with Gasteiger partial charge in [0.2, 0.25) is 5.13 Å². The summed E-state index contributed by atoms with van der Waals surface area (Å²) in [7, 11) is 0. The van der Waals surface area contributed by atoms with Crippen LogP contribution >= 0.6 is 11.3 Å². The zero-order valence-corrected chi connectivity index (χ0v) is 13.0. The second kappa shape index (κ2) is 7.37. The predicted molar refractivity (Wildman–Crippen MR) is 92.8 cm³/mol. The molecule has 2 heterocycles. The quantitative estimate of drug-likeness (QED) is 0.537. The minimum absolute atomic E-state index is 0.446. The van der Waals surface area contributed by atoms with E-state index in [0.717, 1.165) is 17.0 Å². The van der Waals surface area contributed by atoms with Crippen LogP contribution in [0, 0.1) is 0 Å². The lowest BCUT2D eigenvalue weighted by atomic mass is 10.2. The first kappa shape index (κ1) is 15.0. The summed E-state index contributed by atoms with van der Waals surface area (Å²) >= 11 is 1.40. The van der Waals surface area contributed by atoms with Gasteiger partial charge >= 0.3 is 0 Å². The molecule has 0 saturated heterocycles. The molecule has 6 nitrogen and oxygen atoms in total. The molecule has 0 radical (unpaired) electrons. The van der Waals surface area contributed by atoms with Gasteiger partial charge < -0.3 is 10.5 Å². The Morgan fingerprint density at radius 2 is 2.09 bits per heavy atom. The number of benzene rings is 1. The summed E-state index contributed by atoms with van der Waals surface area (Å²) in [5.74, 6) is 1.27. The largest absolute Gasteiger partial charge is 0.487 e. The van der Waals surface area contributed by atoms with Crippen LogP contribution in [-0.4, -0.2) is 16.2 Å². The number of nitrogens with two attached hydrogens (primary N) is 1. The van der Waals surface area contributed by atoms with Crippen molar-refractivity contribution in [1.29, 1.82) is 0 Å². The van der Waals surface area contributed by atoms with E-state index in [2.05, 4.69) is 20.5 Å². The molecule has 3 aromatic rings. The number of anilines is 2. The van der Waals surface area contributed by atoms with Gasteiger partial charge in [-0.15, -0.1) is 11.3 Å². The predicted octanol–water partition coefficient (Wildman–Crippen LogP) is 3.15. The fourth-order valence-electron chi connectivity index (χ4n) is 1.79. The van der Waals surface area contributed by atoms with Gasteiger partial charge in [0.15, 0.2) is 0 Å². The summed E-state index contributed by atoms with van der Waals surface area (Å²) in [6.45, 7) is 0.446. The first-order valence-corrected chi connectivity index (χ1v) is 7.80. The molecule has 0 spiro atoms. The zero-order chi connectivity index (χ0) is 15.9. The Kier molecular flexibility index (Phi) is 4.80. The fourth-order valence-corrected chi connectivity index (χ4v) is 2.34. The molecule has 0 bridgehead atoms. The highest BCUT2D eigenvalue weighted by Crippen LogP contribution is 2.16. The maximum Gasteiger partial charge on any atom is 0.205 e. The maximum absolute atomic E-state index is 5.68. The van der Waals surface area contributed by atoms with Crippen LogP contribution in [0.4, 0.5) is 10.9 Å². The Bertz CT molecular complexity index is 771. The molecule has 0 saturated carbocycles. The van der Waals surface area contributed by atoms with Crippen LogP contribution in [0.1, 0.15) is 11.3 Å². The average molecular weight is 325 g/mol. The van der Waals surface area contributed by atoms with Crippen LogP contribution in [-0.2, 0) is 6.61 Å². The van der Waals surface area contributed by atoms with Gasteiger partial charge in [-0.3, -0.25) is 10.4 Å². The molecule has 0 aliphatic carbocycles. The van der Waals surface area contributed by atoms with Crippen molar-refractivity contribution < 1.29 is 4.74 Å². The van der Waals surface area contributed by atoms with Crippen molar-refractivity contribution in [1.82, 2.24) is 9.97 Å². The van der Waals surface area contributed by atoms with E-state index in [1.165, 1.54) is 11.3 Å². The Balaban J connectivity index is 1.52. The number of ether oxygens (including phenoxy) is 1. The standard InChI is InChI=1S/C16H15N5OS/c17-15-11-23-16(20-15)21-19-9-12-4-6-14(7-5-12)22-10-13-3-1-2-8-18-13/h1-9,11H,10,17H2,(H,20,21). The molecule has 3 rings (SSSR count). The number of nitrogens with zero attached hydrogens (tertiary/aromatic N) is 3. The van der Waals surface area contributed by atoms with Crippen LogP contribution in [0.25, 0.3) is 0 Å². The van der Waals surface area contributed by atoms with Gasteiger partial charge in [-0.05, 0) is 42.0 Å². The van der Waals surface area contributed by atoms with Gasteiger partial charge in [-0.1, -0.05) is 6.07 Å². The molecule has 23 heavy (non-hydrogen) atoms. The second-order valence-electron chi connectivity index (χ2n) is 4.63. The SMILES string of the molecule is Nc1csc(NN=Cc2ccc(OCc3ccccn3)cc2)n1. The van der Waals surface area contributed by atoms with Crippen molar-refractivity contribution in [3.63, 3.8) is 0 Å². The zero-order valence-electron chi connectivity index (χ0n) is 12.2. The van der Waals surface area contributed by atoms with Crippen LogP contribution in [0.3, 0.4) is 0 Å². The maximum atomic E-state index is 5.68. The number of nitrogens with one attached hydrogen (secondary N) is 1. The van der Waals surface area contributed by atoms with E-state index in [9.17, 15) is 0 Å². The van der Waals surface area contributed by atoms with Crippen LogP contribution < -0.4 is 15.9 Å². The lowest BCUT2D eigenvalue weighted by Gasteiger charge is -2.05. The highest BCUT2D eigenvalue weighted by atomic mass is 32.1. The summed E-state index contributed by atoms with van der Waals surface area (Å²) in [6, 6.07) is 13.4. The van der Waals surface area contributed by atoms with E-state index in [1.807, 2.05) is 42.5 Å². The minimum atomic E-state index is 0.446. The van der Waals surface area contributed by atoms with Crippen LogP contribution in [0.2, 0.25) is 0 Å². The number of pyridine rings is 1. The van der Waals surface area contributed by atoms with Crippen LogP contribution in [0.5, 0.6) is 5.75 Å². The molecule has 116 valence electrons. The second-order valence-corrected chi connectivity index (χ2v) is 5.48. The third-order valence-corrected chi connectivity index (χ3v) is 3.65. The third kappa shape index (κ3) is 4.52. The Morgan fingerprint density at radius 3 is 2.78 bits per heavy atom. The smallest absolute Gasteiger partial charge is 0.205 e. The number of aromatic nitrogens is 2. The van der Waals surface area contributed by atoms with Gasteiger partial charge in [0.1, 0.15) is 18.2 Å². The molecular formula is C16H15N5OS. The van der Waals surface area contributed by atoms with E-state index in [1.54, 1.807) is 17.8 Å². The first-order chi connectivity index (χ1) is 11.3. The normalized spacial score (nSPS) is 10.8. The summed E-state index contributed by atoms with van der Waals surface area (Å²) in [5, 5.41) is 6.53. The molecule has 0 fully saturated rings. The summed E-state index contributed by atoms with van der Waals surface area (Å²) in [5.41, 5.74) is 10.2.